The van der Waals surface area contributed by atoms with Crippen molar-refractivity contribution in [3.63, 3.8) is 0 Å². The average molecular weight is 351 g/mol. The minimum atomic E-state index is -0.0353. The first-order valence-electron chi connectivity index (χ1n) is 9.07. The molecule has 3 aliphatic heterocycles. The number of aromatic nitrogens is 1. The Hall–Kier alpha value is -1.98. The quantitative estimate of drug-likeness (QED) is 0.766. The van der Waals surface area contributed by atoms with Crippen LogP contribution in [0, 0.1) is 5.92 Å². The van der Waals surface area contributed by atoms with Crippen molar-refractivity contribution >= 4 is 37.4 Å². The topological polar surface area (TPSA) is 45.2 Å². The van der Waals surface area contributed by atoms with E-state index in [1.807, 2.05) is 18.3 Å². The van der Waals surface area contributed by atoms with E-state index in [0.717, 1.165) is 29.0 Å². The van der Waals surface area contributed by atoms with E-state index in [1.54, 1.807) is 11.3 Å². The van der Waals surface area contributed by atoms with Gasteiger partial charge in [-0.05, 0) is 50.4 Å². The summed E-state index contributed by atoms with van der Waals surface area (Å²) in [7, 11) is 0. The molecular formula is C20H21N3OS. The van der Waals surface area contributed by atoms with Gasteiger partial charge >= 0.3 is 0 Å². The number of benzene rings is 1. The SMILES string of the molecule is O=C(NC1CC2CCN(CC2)C1)c1cc2sc3ccccc3c2cn1. The Balaban J connectivity index is 1.40. The van der Waals surface area contributed by atoms with Gasteiger partial charge in [0, 0.05) is 39.0 Å². The van der Waals surface area contributed by atoms with Crippen LogP contribution >= 0.6 is 11.3 Å². The van der Waals surface area contributed by atoms with Crippen molar-refractivity contribution < 1.29 is 4.79 Å². The van der Waals surface area contributed by atoms with E-state index in [4.69, 9.17) is 0 Å². The van der Waals surface area contributed by atoms with E-state index in [9.17, 15) is 4.79 Å². The Bertz CT molecular complexity index is 928. The van der Waals surface area contributed by atoms with Crippen LogP contribution < -0.4 is 5.32 Å². The predicted octanol–water partition coefficient (Wildman–Crippen LogP) is 3.66. The van der Waals surface area contributed by atoms with Crippen LogP contribution in [-0.4, -0.2) is 41.5 Å². The van der Waals surface area contributed by atoms with E-state index in [-0.39, 0.29) is 11.9 Å². The molecule has 3 saturated heterocycles. The van der Waals surface area contributed by atoms with Crippen LogP contribution in [0.25, 0.3) is 20.2 Å². The number of pyridine rings is 1. The molecule has 2 bridgehead atoms. The average Bonchev–Trinajstić information content (AvgIpc) is 2.75. The van der Waals surface area contributed by atoms with Gasteiger partial charge in [0.25, 0.3) is 5.91 Å². The Morgan fingerprint density at radius 1 is 1.16 bits per heavy atom. The van der Waals surface area contributed by atoms with Crippen molar-refractivity contribution in [1.82, 2.24) is 15.2 Å². The lowest BCUT2D eigenvalue weighted by Gasteiger charge is -2.26. The lowest BCUT2D eigenvalue weighted by atomic mass is 9.94. The van der Waals surface area contributed by atoms with Crippen molar-refractivity contribution in [3.05, 3.63) is 42.2 Å². The van der Waals surface area contributed by atoms with Crippen LogP contribution in [0.1, 0.15) is 29.8 Å². The molecule has 1 N–H and O–H groups in total. The molecule has 0 saturated carbocycles. The molecule has 0 aliphatic carbocycles. The summed E-state index contributed by atoms with van der Waals surface area (Å²) in [5.41, 5.74) is 0.533. The number of rotatable bonds is 2. The Kier molecular flexibility index (Phi) is 3.71. The van der Waals surface area contributed by atoms with Gasteiger partial charge in [0.05, 0.1) is 0 Å². The van der Waals surface area contributed by atoms with Crippen LogP contribution in [0.2, 0.25) is 0 Å². The summed E-state index contributed by atoms with van der Waals surface area (Å²) in [4.78, 5) is 19.7. The molecule has 4 nitrogen and oxygen atoms in total. The summed E-state index contributed by atoms with van der Waals surface area (Å²) >= 11 is 1.73. The van der Waals surface area contributed by atoms with Crippen LogP contribution in [0.4, 0.5) is 0 Å². The van der Waals surface area contributed by atoms with Crippen LogP contribution in [0.5, 0.6) is 0 Å². The molecular weight excluding hydrogens is 330 g/mol. The Morgan fingerprint density at radius 2 is 2.00 bits per heavy atom. The number of hydrogen-bond acceptors (Lipinski definition) is 4. The molecule has 3 aromatic rings. The van der Waals surface area contributed by atoms with E-state index in [0.29, 0.717) is 5.69 Å². The zero-order valence-corrected chi connectivity index (χ0v) is 14.9. The van der Waals surface area contributed by atoms with Gasteiger partial charge in [0.15, 0.2) is 0 Å². The number of piperidine rings is 1. The van der Waals surface area contributed by atoms with Gasteiger partial charge in [-0.15, -0.1) is 11.3 Å². The van der Waals surface area contributed by atoms with Gasteiger partial charge in [0.1, 0.15) is 5.69 Å². The molecule has 128 valence electrons. The van der Waals surface area contributed by atoms with Crippen molar-refractivity contribution in [2.24, 2.45) is 5.92 Å². The number of fused-ring (bicyclic) bond motifs is 7. The molecule has 1 amide bonds. The molecule has 0 radical (unpaired) electrons. The number of carbonyl (C=O) groups is 1. The van der Waals surface area contributed by atoms with Crippen molar-refractivity contribution in [1.29, 1.82) is 0 Å². The number of thiophene rings is 1. The Labute approximate surface area is 150 Å². The normalized spacial score (nSPS) is 26.0. The molecule has 5 heteroatoms. The molecule has 3 aliphatic rings. The highest BCUT2D eigenvalue weighted by atomic mass is 32.1. The highest BCUT2D eigenvalue weighted by molar-refractivity contribution is 7.25. The van der Waals surface area contributed by atoms with Gasteiger partial charge in [-0.3, -0.25) is 9.78 Å². The van der Waals surface area contributed by atoms with Gasteiger partial charge in [-0.2, -0.15) is 0 Å². The van der Waals surface area contributed by atoms with E-state index < -0.39 is 0 Å². The van der Waals surface area contributed by atoms with Crippen molar-refractivity contribution in [2.45, 2.75) is 25.3 Å². The minimum Gasteiger partial charge on any atom is -0.347 e. The summed E-state index contributed by atoms with van der Waals surface area (Å²) in [6.07, 6.45) is 5.51. The zero-order valence-electron chi connectivity index (χ0n) is 14.1. The molecule has 0 spiro atoms. The summed E-state index contributed by atoms with van der Waals surface area (Å²) in [6.45, 7) is 3.35. The second-order valence-corrected chi connectivity index (χ2v) is 8.40. The first kappa shape index (κ1) is 15.3. The van der Waals surface area contributed by atoms with Crippen LogP contribution in [0.15, 0.2) is 36.5 Å². The van der Waals surface area contributed by atoms with Crippen LogP contribution in [0.3, 0.4) is 0 Å². The highest BCUT2D eigenvalue weighted by Crippen LogP contribution is 2.33. The molecule has 2 aromatic heterocycles. The smallest absolute Gasteiger partial charge is 0.270 e. The fraction of sp³-hybridized carbons (Fsp3) is 0.400. The molecule has 25 heavy (non-hydrogen) atoms. The van der Waals surface area contributed by atoms with E-state index in [1.165, 1.54) is 36.0 Å². The number of carbonyl (C=O) groups excluding carboxylic acids is 1. The van der Waals surface area contributed by atoms with E-state index >= 15 is 0 Å². The third-order valence-corrected chi connectivity index (χ3v) is 6.77. The second-order valence-electron chi connectivity index (χ2n) is 7.31. The molecule has 6 rings (SSSR count). The zero-order chi connectivity index (χ0) is 16.8. The molecule has 1 aromatic carbocycles. The van der Waals surface area contributed by atoms with Gasteiger partial charge in [-0.25, -0.2) is 0 Å². The number of amides is 1. The van der Waals surface area contributed by atoms with Gasteiger partial charge < -0.3 is 10.2 Å². The fourth-order valence-electron chi connectivity index (χ4n) is 4.30. The summed E-state index contributed by atoms with van der Waals surface area (Å²) in [5, 5.41) is 5.59. The van der Waals surface area contributed by atoms with Gasteiger partial charge in [0.2, 0.25) is 0 Å². The molecule has 3 fully saturated rings. The largest absolute Gasteiger partial charge is 0.347 e. The standard InChI is InChI=1S/C20H21N3OS/c24-20(22-14-9-13-5-7-23(12-14)8-6-13)17-10-19-16(11-21-17)15-3-1-2-4-18(15)25-19/h1-4,10-11,13-14H,5-9,12H2,(H,22,24). The minimum absolute atomic E-state index is 0.0353. The maximum Gasteiger partial charge on any atom is 0.270 e. The Morgan fingerprint density at radius 3 is 2.88 bits per heavy atom. The summed E-state index contributed by atoms with van der Waals surface area (Å²) in [6, 6.07) is 10.5. The molecule has 1 atom stereocenters. The maximum atomic E-state index is 12.7. The maximum absolute atomic E-state index is 12.7. The van der Waals surface area contributed by atoms with Crippen molar-refractivity contribution in [2.75, 3.05) is 19.6 Å². The predicted molar refractivity (Wildman–Crippen MR) is 102 cm³/mol. The summed E-state index contributed by atoms with van der Waals surface area (Å²) < 4.78 is 2.37. The van der Waals surface area contributed by atoms with Crippen molar-refractivity contribution in [3.8, 4) is 0 Å². The number of nitrogens with one attached hydrogen (secondary N) is 1. The number of hydrogen-bond donors (Lipinski definition) is 1. The van der Waals surface area contributed by atoms with Crippen LogP contribution in [-0.2, 0) is 0 Å². The second kappa shape index (κ2) is 6.07. The highest BCUT2D eigenvalue weighted by Gasteiger charge is 2.30. The van der Waals surface area contributed by atoms with E-state index in [2.05, 4.69) is 33.4 Å². The lowest BCUT2D eigenvalue weighted by molar-refractivity contribution is 0.0924. The molecule has 5 heterocycles. The fourth-order valence-corrected chi connectivity index (χ4v) is 5.42. The molecule has 1 unspecified atom stereocenters. The lowest BCUT2D eigenvalue weighted by Crippen LogP contribution is -2.42. The first-order chi connectivity index (χ1) is 12.3. The first-order valence-corrected chi connectivity index (χ1v) is 9.88. The van der Waals surface area contributed by atoms with Gasteiger partial charge in [-0.1, -0.05) is 18.2 Å². The third kappa shape index (κ3) is 2.81. The summed E-state index contributed by atoms with van der Waals surface area (Å²) in [5.74, 6) is 0.731. The monoisotopic (exact) mass is 351 g/mol. The number of nitrogens with zero attached hydrogens (tertiary/aromatic N) is 2. The third-order valence-electron chi connectivity index (χ3n) is 5.63.